The Morgan fingerprint density at radius 1 is 0.394 bits per heavy atom. The molecule has 0 radical (unpaired) electrons. The summed E-state index contributed by atoms with van der Waals surface area (Å²) in [6.45, 7) is 59.1. The first-order valence-corrected chi connectivity index (χ1v) is 38.6. The first kappa shape index (κ1) is 68.7. The Morgan fingerprint density at radius 3 is 1.18 bits per heavy atom. The van der Waals surface area contributed by atoms with Gasteiger partial charge in [0.25, 0.3) is 0 Å². The second-order valence-electron chi connectivity index (χ2n) is 40.9. The first-order chi connectivity index (χ1) is 43.4. The number of hydrogen-bond donors (Lipinski definition) is 1. The topological polar surface area (TPSA) is 54.4 Å². The van der Waals surface area contributed by atoms with E-state index in [0.29, 0.717) is 54.3 Å². The minimum Gasteiger partial charge on any atom is -0.392 e. The highest BCUT2D eigenvalue weighted by atomic mass is 16.3. The fourth-order valence-electron chi connectivity index (χ4n) is 26.8. The maximum Gasteiger partial charge on any atom is 0.184 e. The molecule has 94 heavy (non-hydrogen) atoms. The van der Waals surface area contributed by atoms with Crippen LogP contribution in [0, 0.1) is 114 Å². The molecule has 0 aliphatic heterocycles. The highest BCUT2D eigenvalue weighted by molar-refractivity contribution is 6.09. The van der Waals surface area contributed by atoms with Gasteiger partial charge < -0.3 is 5.11 Å². The van der Waals surface area contributed by atoms with Gasteiger partial charge in [-0.05, 0) is 345 Å². The van der Waals surface area contributed by atoms with Gasteiger partial charge in [0.2, 0.25) is 0 Å². The van der Waals surface area contributed by atoms with Gasteiger partial charge in [0, 0.05) is 21.8 Å². The van der Waals surface area contributed by atoms with Crippen LogP contribution >= 0.6 is 0 Å². The van der Waals surface area contributed by atoms with Crippen molar-refractivity contribution in [2.45, 2.75) is 313 Å². The van der Waals surface area contributed by atoms with E-state index >= 15 is 0 Å². The lowest BCUT2D eigenvalue weighted by Gasteiger charge is -2.70. The largest absolute Gasteiger partial charge is 0.392 e. The van der Waals surface area contributed by atoms with Gasteiger partial charge in [-0.25, -0.2) is 0 Å². The van der Waals surface area contributed by atoms with Crippen LogP contribution in [0.1, 0.15) is 308 Å². The van der Waals surface area contributed by atoms with Gasteiger partial charge in [-0.3, -0.25) is 9.59 Å². The van der Waals surface area contributed by atoms with Crippen LogP contribution in [0.2, 0.25) is 0 Å². The van der Waals surface area contributed by atoms with E-state index in [4.69, 9.17) is 0 Å². The van der Waals surface area contributed by atoms with E-state index in [0.717, 1.165) is 41.7 Å². The third-order valence-electron chi connectivity index (χ3n) is 34.8. The van der Waals surface area contributed by atoms with Crippen molar-refractivity contribution < 1.29 is 14.7 Å². The van der Waals surface area contributed by atoms with Crippen molar-refractivity contribution in [1.29, 1.82) is 0 Å². The summed E-state index contributed by atoms with van der Waals surface area (Å²) in [6.07, 6.45) is 45.2. The van der Waals surface area contributed by atoms with Crippen molar-refractivity contribution in [2.24, 2.45) is 93.6 Å². The summed E-state index contributed by atoms with van der Waals surface area (Å²) in [4.78, 5) is 25.7. The molecule has 0 aromatic heterocycles. The van der Waals surface area contributed by atoms with Crippen LogP contribution in [0.4, 0.5) is 0 Å². The molecule has 1 aromatic rings. The number of fused-ring (bicyclic) bond motifs is 21. The third kappa shape index (κ3) is 9.32. The highest BCUT2D eigenvalue weighted by Gasteiger charge is 2.70. The molecular weight excluding hydrogens is 1140 g/mol. The number of aryl methyl sites for hydroxylation is 1. The molecule has 0 heterocycles. The molecule has 15 atom stereocenters. The maximum absolute atomic E-state index is 12.9. The van der Waals surface area contributed by atoms with Crippen LogP contribution in [-0.2, 0) is 21.4 Å². The Hall–Kier alpha value is -3.82. The van der Waals surface area contributed by atoms with Crippen molar-refractivity contribution >= 4 is 11.6 Å². The molecule has 512 valence electrons. The number of aliphatic hydroxyl groups is 1. The van der Waals surface area contributed by atoms with Gasteiger partial charge in [0.15, 0.2) is 11.6 Å². The monoisotopic (exact) mass is 1270 g/mol. The van der Waals surface area contributed by atoms with E-state index in [2.05, 4.69) is 189 Å². The summed E-state index contributed by atoms with van der Waals surface area (Å²) in [5.74, 6) is 2.61. The quantitative estimate of drug-likeness (QED) is 0.285. The molecule has 3 heteroatoms. The van der Waals surface area contributed by atoms with Crippen LogP contribution in [0.3, 0.4) is 0 Å². The van der Waals surface area contributed by atoms with Crippen LogP contribution in [0.15, 0.2) is 110 Å². The Bertz CT molecular complexity index is 3770. The lowest BCUT2D eigenvalue weighted by Crippen LogP contribution is -2.62. The lowest BCUT2D eigenvalue weighted by atomic mass is 9.34. The predicted molar refractivity (Wildman–Crippen MR) is 394 cm³/mol. The van der Waals surface area contributed by atoms with Gasteiger partial charge in [-0.2, -0.15) is 0 Å². The van der Waals surface area contributed by atoms with E-state index in [1.165, 1.54) is 167 Å². The zero-order chi connectivity index (χ0) is 68.5. The minimum atomic E-state index is -0.176. The summed E-state index contributed by atoms with van der Waals surface area (Å²) < 4.78 is 0. The van der Waals surface area contributed by atoms with Crippen LogP contribution < -0.4 is 0 Å². The standard InChI is InChI=1S/C31H46.C30H42O2.C30H42O/c1-20-18-24-23(22(3)21(20)2)10-11-25-29(24,7)15-17-31(9)26-19-27(4,5)12-13-28(26,6)14-16-30(25,31)8;1-19-20-8-9-24-28(5,22(20)16-23(32)21(19)18-31)13-15-30(7)25-17-26(2,3)10-11-27(25,4)12-14-29(24,30)6;1-19-20(2)23(31)17-22-21(19)9-10-24-28(22,6)14-16-30(8)25-18-26(3,4)11-12-27(25,5)13-15-29(24,30)7/h11,18,26H,10,12-17,19H2,1-9H3;8-9,16,25,31H,10-15,17-18H2,1-7H3;9-10,17,25H,11-16,18H2,1-8H3/t26?,28-,29+,30-,31+;2*25?,27-,28+,29-,30+/m111/s1. The summed E-state index contributed by atoms with van der Waals surface area (Å²) in [7, 11) is 0. The van der Waals surface area contributed by atoms with Crippen molar-refractivity contribution in [3.63, 3.8) is 0 Å². The molecule has 1 aromatic carbocycles. The van der Waals surface area contributed by atoms with E-state index in [1.54, 1.807) is 27.8 Å². The van der Waals surface area contributed by atoms with Gasteiger partial charge in [0.05, 0.1) is 6.61 Å². The molecule has 14 aliphatic rings. The summed E-state index contributed by atoms with van der Waals surface area (Å²) in [6, 6.07) is 2.58. The van der Waals surface area contributed by atoms with E-state index in [1.807, 2.05) is 31.6 Å². The van der Waals surface area contributed by atoms with Crippen molar-refractivity contribution in [1.82, 2.24) is 0 Å². The van der Waals surface area contributed by atoms with E-state index in [9.17, 15) is 14.7 Å². The average molecular weight is 1270 g/mol. The predicted octanol–water partition coefficient (Wildman–Crippen LogP) is 24.0. The number of carbonyl (C=O) groups is 2. The van der Waals surface area contributed by atoms with Crippen molar-refractivity contribution in [3.8, 4) is 0 Å². The SMILES string of the molecule is CC1=C(C)C2=CC=C3[C@@](C)(CC[C@@]4(C)C5CC(C)(C)CC[C@]5(C)CC[C@]34C)C2=CC1=O.CC1=C(CO)C(=O)C=C2C1=CC=C1[C@@]2(C)CC[C@@]2(C)C3CC(C)(C)CC[C@]3(C)CC[C@]12C.Cc1cc2c(c(C)c1C)CC=C1[C@@]2(C)CC[C@@]2(C)C3CC(C)(C)CC[C@]3(C)CC[C@]12C. The fraction of sp³-hybridized carbons (Fsp3) is 0.714. The number of rotatable bonds is 1. The molecule has 9 fully saturated rings. The zero-order valence-electron chi connectivity index (χ0n) is 64.4. The second kappa shape index (κ2) is 21.4. The molecule has 0 saturated heterocycles. The smallest absolute Gasteiger partial charge is 0.184 e. The number of aliphatic hydroxyl groups excluding tert-OH is 1. The molecule has 0 spiro atoms. The van der Waals surface area contributed by atoms with Crippen LogP contribution in [-0.4, -0.2) is 23.3 Å². The van der Waals surface area contributed by atoms with Crippen LogP contribution in [0.25, 0.3) is 0 Å². The van der Waals surface area contributed by atoms with Crippen molar-refractivity contribution in [3.05, 3.63) is 138 Å². The summed E-state index contributed by atoms with van der Waals surface area (Å²) in [5, 5.41) is 9.77. The molecule has 0 bridgehead atoms. The summed E-state index contributed by atoms with van der Waals surface area (Å²) >= 11 is 0. The molecule has 0 amide bonds. The van der Waals surface area contributed by atoms with Gasteiger partial charge >= 0.3 is 0 Å². The molecule has 9 saturated carbocycles. The molecular formula is C91H130O3. The number of carbonyl (C=O) groups excluding carboxylic acids is 2. The Kier molecular flexibility index (Phi) is 15.6. The first-order valence-electron chi connectivity index (χ1n) is 38.6. The van der Waals surface area contributed by atoms with Crippen molar-refractivity contribution in [2.75, 3.05) is 6.61 Å². The molecule has 14 aliphatic carbocycles. The molecule has 3 nitrogen and oxygen atoms in total. The average Bonchev–Trinajstić information content (AvgIpc) is 0.691. The highest BCUT2D eigenvalue weighted by Crippen LogP contribution is 2.79. The number of hydrogen-bond acceptors (Lipinski definition) is 3. The molecule has 1 N–H and O–H groups in total. The Morgan fingerprint density at radius 2 is 0.766 bits per heavy atom. The number of ketones is 2. The third-order valence-corrected chi connectivity index (χ3v) is 34.8. The number of benzene rings is 1. The van der Waals surface area contributed by atoms with E-state index < -0.39 is 0 Å². The number of allylic oxidation sites excluding steroid dienone is 17. The minimum absolute atomic E-state index is 0.00311. The van der Waals surface area contributed by atoms with E-state index in [-0.39, 0.29) is 50.7 Å². The van der Waals surface area contributed by atoms with Crippen LogP contribution in [0.5, 0.6) is 0 Å². The zero-order valence-corrected chi connectivity index (χ0v) is 64.4. The second-order valence-corrected chi connectivity index (χ2v) is 40.9. The van der Waals surface area contributed by atoms with Gasteiger partial charge in [-0.1, -0.05) is 178 Å². The maximum atomic E-state index is 12.9. The Labute approximate surface area is 573 Å². The van der Waals surface area contributed by atoms with Gasteiger partial charge in [0.1, 0.15) is 0 Å². The normalized spacial score (nSPS) is 44.8. The van der Waals surface area contributed by atoms with Gasteiger partial charge in [-0.15, -0.1) is 0 Å². The Balaban J connectivity index is 0.000000128. The molecule has 3 unspecified atom stereocenters. The molecule has 15 rings (SSSR count). The lowest BCUT2D eigenvalue weighted by molar-refractivity contribution is -0.159. The fourth-order valence-corrected chi connectivity index (χ4v) is 26.8. The summed E-state index contributed by atoms with van der Waals surface area (Å²) in [5.41, 5.74) is 26.2.